The van der Waals surface area contributed by atoms with Gasteiger partial charge in [-0.25, -0.2) is 0 Å². The summed E-state index contributed by atoms with van der Waals surface area (Å²) >= 11 is 0. The van der Waals surface area contributed by atoms with Crippen molar-refractivity contribution in [3.63, 3.8) is 0 Å². The summed E-state index contributed by atoms with van der Waals surface area (Å²) in [5.74, 6) is 0. The fraction of sp³-hybridized carbons (Fsp3) is 0. The number of benzene rings is 2. The second kappa shape index (κ2) is 8.42. The number of hydrogen-bond acceptors (Lipinski definition) is 10. The maximum Gasteiger partial charge on any atom is 0.249 e. The van der Waals surface area contributed by atoms with E-state index >= 15 is 0 Å². The number of aromatic nitrogens is 4. The Morgan fingerprint density at radius 1 is 0.767 bits per heavy atom. The molecule has 0 aliphatic heterocycles. The molecule has 4 aromatic rings. The van der Waals surface area contributed by atoms with Crippen molar-refractivity contribution in [1.82, 2.24) is 10.3 Å². The standard InChI is InChI=1S/2C8H5N3O4/c12-10(13)4-3-6-1-2-8-7(5-6)9-15-11(8)14;12-10(13)4-3-6-1-2-7-8(5-6)11(14)15-9-7/h2*1-5H/b2*4-3-. The average molecular weight is 414 g/mol. The van der Waals surface area contributed by atoms with E-state index in [9.17, 15) is 30.6 Å². The van der Waals surface area contributed by atoms with Gasteiger partial charge in [0.15, 0.2) is 0 Å². The Morgan fingerprint density at radius 3 is 1.93 bits per heavy atom. The summed E-state index contributed by atoms with van der Waals surface area (Å²) in [7, 11) is 0. The third-order valence-corrected chi connectivity index (χ3v) is 3.60. The van der Waals surface area contributed by atoms with E-state index < -0.39 is 9.85 Å². The van der Waals surface area contributed by atoms with E-state index in [1.807, 2.05) is 0 Å². The van der Waals surface area contributed by atoms with Crippen molar-refractivity contribution >= 4 is 34.2 Å². The predicted octanol–water partition coefficient (Wildman–Crippen LogP) is 1.42. The average Bonchev–Trinajstić information content (AvgIpc) is 3.28. The highest BCUT2D eigenvalue weighted by Crippen LogP contribution is 2.12. The summed E-state index contributed by atoms with van der Waals surface area (Å²) in [4.78, 5) is 19.5. The van der Waals surface area contributed by atoms with Crippen LogP contribution in [0, 0.1) is 30.6 Å². The van der Waals surface area contributed by atoms with Gasteiger partial charge in [0.25, 0.3) is 0 Å². The molecule has 4 rings (SSSR count). The first-order valence-corrected chi connectivity index (χ1v) is 7.96. The summed E-state index contributed by atoms with van der Waals surface area (Å²) in [6.45, 7) is 0. The van der Waals surface area contributed by atoms with Crippen molar-refractivity contribution in [2.75, 3.05) is 0 Å². The van der Waals surface area contributed by atoms with E-state index in [4.69, 9.17) is 0 Å². The number of fused-ring (bicyclic) bond motifs is 2. The topological polar surface area (TPSA) is 192 Å². The highest BCUT2D eigenvalue weighted by atomic mass is 16.8. The largest absolute Gasteiger partial charge is 0.359 e. The minimum atomic E-state index is -0.580. The van der Waals surface area contributed by atoms with E-state index in [2.05, 4.69) is 19.6 Å². The quantitative estimate of drug-likeness (QED) is 0.268. The lowest BCUT2D eigenvalue weighted by molar-refractivity contribution is -0.782. The van der Waals surface area contributed by atoms with Gasteiger partial charge in [0.2, 0.25) is 34.5 Å². The van der Waals surface area contributed by atoms with E-state index in [0.717, 1.165) is 12.4 Å². The van der Waals surface area contributed by atoms with Gasteiger partial charge in [0.05, 0.1) is 9.85 Å². The van der Waals surface area contributed by atoms with Gasteiger partial charge < -0.3 is 10.4 Å². The van der Waals surface area contributed by atoms with Gasteiger partial charge in [-0.1, -0.05) is 6.07 Å². The lowest BCUT2D eigenvalue weighted by Gasteiger charge is -1.89. The first-order chi connectivity index (χ1) is 14.3. The van der Waals surface area contributed by atoms with Crippen molar-refractivity contribution in [3.8, 4) is 0 Å². The molecule has 2 aromatic carbocycles. The van der Waals surface area contributed by atoms with Gasteiger partial charge in [-0.05, 0) is 39.1 Å². The Kier molecular flexibility index (Phi) is 5.58. The highest BCUT2D eigenvalue weighted by Gasteiger charge is 2.09. The smallest absolute Gasteiger partial charge is 0.249 e. The second-order valence-corrected chi connectivity index (χ2v) is 5.56. The summed E-state index contributed by atoms with van der Waals surface area (Å²) in [6, 6.07) is 9.18. The Balaban J connectivity index is 0.000000171. The molecule has 0 spiro atoms. The number of hydrogen-bond donors (Lipinski definition) is 0. The third kappa shape index (κ3) is 4.69. The molecule has 0 N–H and O–H groups in total. The van der Waals surface area contributed by atoms with Crippen LogP contribution in [-0.2, 0) is 0 Å². The van der Waals surface area contributed by atoms with E-state index in [1.165, 1.54) is 30.4 Å². The fourth-order valence-corrected chi connectivity index (χ4v) is 2.28. The zero-order chi connectivity index (χ0) is 21.7. The zero-order valence-electron chi connectivity index (χ0n) is 14.7. The molecule has 2 aromatic heterocycles. The molecular weight excluding hydrogens is 404 g/mol. The molecule has 0 aliphatic carbocycles. The van der Waals surface area contributed by atoms with Gasteiger partial charge >= 0.3 is 0 Å². The number of rotatable bonds is 4. The molecule has 14 nitrogen and oxygen atoms in total. The van der Waals surface area contributed by atoms with E-state index in [-0.39, 0.29) is 20.8 Å². The SMILES string of the molecule is O=[N+]([O-])/C=C\c1ccc2c(c1)no[n+]2[O-].O=[N+]([O-])/C=C\c1ccc2no[n+]([O-])c2c1. The Hall–Kier alpha value is -4.88. The Bertz CT molecular complexity index is 1290. The monoisotopic (exact) mass is 414 g/mol. The molecule has 0 bridgehead atoms. The molecule has 14 heteroatoms. The molecule has 0 saturated heterocycles. The Labute approximate surface area is 164 Å². The highest BCUT2D eigenvalue weighted by molar-refractivity contribution is 5.74. The van der Waals surface area contributed by atoms with Gasteiger partial charge in [0.1, 0.15) is 0 Å². The summed E-state index contributed by atoms with van der Waals surface area (Å²) in [6.07, 6.45) is 4.20. The van der Waals surface area contributed by atoms with Crippen LogP contribution in [0.1, 0.15) is 11.1 Å². The van der Waals surface area contributed by atoms with Crippen molar-refractivity contribution < 1.29 is 28.9 Å². The van der Waals surface area contributed by atoms with Crippen molar-refractivity contribution in [1.29, 1.82) is 0 Å². The lowest BCUT2D eigenvalue weighted by Crippen LogP contribution is -2.22. The number of nitro groups is 2. The maximum atomic E-state index is 11.0. The molecule has 2 heterocycles. The van der Waals surface area contributed by atoms with Crippen molar-refractivity contribution in [2.45, 2.75) is 0 Å². The van der Waals surface area contributed by atoms with Crippen LogP contribution in [0.25, 0.3) is 34.2 Å². The molecule has 0 amide bonds. The van der Waals surface area contributed by atoms with E-state index in [0.29, 0.717) is 22.2 Å². The zero-order valence-corrected chi connectivity index (χ0v) is 14.7. The molecular formula is C16H10N6O8. The van der Waals surface area contributed by atoms with Gasteiger partial charge in [-0.3, -0.25) is 29.5 Å². The molecule has 30 heavy (non-hydrogen) atoms. The lowest BCUT2D eigenvalue weighted by atomic mass is 10.2. The van der Waals surface area contributed by atoms with Crippen LogP contribution in [0.2, 0.25) is 0 Å². The Morgan fingerprint density at radius 2 is 1.30 bits per heavy atom. The van der Waals surface area contributed by atoms with Gasteiger partial charge in [0, 0.05) is 34.6 Å². The molecule has 0 aliphatic rings. The molecule has 152 valence electrons. The third-order valence-electron chi connectivity index (χ3n) is 3.60. The van der Waals surface area contributed by atoms with Crippen LogP contribution in [0.5, 0.6) is 0 Å². The van der Waals surface area contributed by atoms with Crippen LogP contribution in [0.3, 0.4) is 0 Å². The van der Waals surface area contributed by atoms with Crippen LogP contribution < -0.4 is 9.81 Å². The minimum Gasteiger partial charge on any atom is -0.359 e. The van der Waals surface area contributed by atoms with Gasteiger partial charge in [-0.15, -0.1) is 0 Å². The molecule has 0 radical (unpaired) electrons. The van der Waals surface area contributed by atoms with Crippen LogP contribution in [-0.4, -0.2) is 20.2 Å². The molecule has 0 unspecified atom stereocenters. The second-order valence-electron chi connectivity index (χ2n) is 5.56. The van der Waals surface area contributed by atoms with E-state index in [1.54, 1.807) is 18.2 Å². The summed E-state index contributed by atoms with van der Waals surface area (Å²) in [5, 5.41) is 49.0. The first-order valence-electron chi connectivity index (χ1n) is 7.96. The minimum absolute atomic E-state index is 0.237. The predicted molar refractivity (Wildman–Crippen MR) is 98.0 cm³/mol. The van der Waals surface area contributed by atoms with Crippen molar-refractivity contribution in [2.24, 2.45) is 0 Å². The van der Waals surface area contributed by atoms with Gasteiger partial charge in [-0.2, -0.15) is 0 Å². The molecule has 0 saturated carbocycles. The summed E-state index contributed by atoms with van der Waals surface area (Å²) in [5.41, 5.74) is 2.40. The molecule has 0 atom stereocenters. The van der Waals surface area contributed by atoms with Crippen LogP contribution >= 0.6 is 0 Å². The fourth-order valence-electron chi connectivity index (χ4n) is 2.28. The van der Waals surface area contributed by atoms with Crippen LogP contribution in [0.4, 0.5) is 0 Å². The number of nitrogens with zero attached hydrogens (tertiary/aromatic N) is 6. The van der Waals surface area contributed by atoms with Crippen LogP contribution in [0.15, 0.2) is 58.1 Å². The molecule has 0 fully saturated rings. The normalized spacial score (nSPS) is 11.2. The first kappa shape index (κ1) is 19.9. The summed E-state index contributed by atoms with van der Waals surface area (Å²) < 4.78 is 8.70. The maximum absolute atomic E-state index is 11.0. The van der Waals surface area contributed by atoms with Crippen molar-refractivity contribution in [3.05, 3.63) is 90.6 Å².